The van der Waals surface area contributed by atoms with Crippen molar-refractivity contribution in [2.24, 2.45) is 0 Å². The van der Waals surface area contributed by atoms with Crippen LogP contribution in [0.25, 0.3) is 0 Å². The molecule has 1 rings (SSSR count). The highest BCUT2D eigenvalue weighted by Crippen LogP contribution is 2.27. The number of carboxylic acid groups (broad SMARTS) is 1. The summed E-state index contributed by atoms with van der Waals surface area (Å²) >= 11 is 9.21. The Bertz CT molecular complexity index is 464. The number of rotatable bonds is 8. The molecule has 0 spiro atoms. The van der Waals surface area contributed by atoms with Gasteiger partial charge in [-0.05, 0) is 47.0 Å². The van der Waals surface area contributed by atoms with Crippen molar-refractivity contribution in [1.29, 1.82) is 0 Å². The van der Waals surface area contributed by atoms with E-state index in [2.05, 4.69) is 21.2 Å². The number of aliphatic carboxylic acids is 1. The van der Waals surface area contributed by atoms with Crippen molar-refractivity contribution in [2.45, 2.75) is 32.2 Å². The van der Waals surface area contributed by atoms with E-state index in [0.29, 0.717) is 36.8 Å². The van der Waals surface area contributed by atoms with Crippen molar-refractivity contribution in [1.82, 2.24) is 5.32 Å². The van der Waals surface area contributed by atoms with Gasteiger partial charge in [-0.25, -0.2) is 0 Å². The van der Waals surface area contributed by atoms with Gasteiger partial charge in [0.2, 0.25) is 0 Å². The summed E-state index contributed by atoms with van der Waals surface area (Å²) in [7, 11) is 0. The van der Waals surface area contributed by atoms with E-state index in [1.54, 1.807) is 18.2 Å². The Morgan fingerprint density at radius 2 is 2.10 bits per heavy atom. The lowest BCUT2D eigenvalue weighted by Gasteiger charge is -2.28. The second-order valence-electron chi connectivity index (χ2n) is 4.44. The molecular weight excluding hydrogens is 346 g/mol. The molecule has 6 heteroatoms. The van der Waals surface area contributed by atoms with Gasteiger partial charge in [0.15, 0.2) is 0 Å². The number of nitrogens with one attached hydrogen (secondary N) is 1. The van der Waals surface area contributed by atoms with E-state index < -0.39 is 11.5 Å². The average molecular weight is 365 g/mol. The predicted molar refractivity (Wildman–Crippen MR) is 83.6 cm³/mol. The van der Waals surface area contributed by atoms with Crippen LogP contribution in [0.1, 0.15) is 26.7 Å². The highest BCUT2D eigenvalue weighted by Gasteiger charge is 2.33. The van der Waals surface area contributed by atoms with Crippen molar-refractivity contribution in [3.8, 4) is 5.75 Å². The first-order valence-corrected chi connectivity index (χ1v) is 7.68. The van der Waals surface area contributed by atoms with Crippen molar-refractivity contribution < 1.29 is 14.6 Å². The van der Waals surface area contributed by atoms with Crippen molar-refractivity contribution >= 4 is 33.5 Å². The van der Waals surface area contributed by atoms with Gasteiger partial charge in [0.25, 0.3) is 0 Å². The molecule has 1 aromatic carbocycles. The van der Waals surface area contributed by atoms with Gasteiger partial charge in [0, 0.05) is 11.6 Å². The lowest BCUT2D eigenvalue weighted by molar-refractivity contribution is -0.145. The molecular formula is C14H19BrClNO3. The molecule has 0 unspecified atom stereocenters. The summed E-state index contributed by atoms with van der Waals surface area (Å²) in [5, 5.41) is 13.0. The van der Waals surface area contributed by atoms with Crippen molar-refractivity contribution in [3.05, 3.63) is 27.7 Å². The van der Waals surface area contributed by atoms with Crippen LogP contribution in [0, 0.1) is 0 Å². The molecule has 0 heterocycles. The number of hydrogen-bond donors (Lipinski definition) is 2. The van der Waals surface area contributed by atoms with E-state index in [0.717, 1.165) is 4.47 Å². The quantitative estimate of drug-likeness (QED) is 0.690. The summed E-state index contributed by atoms with van der Waals surface area (Å²) in [6.45, 7) is 4.57. The second-order valence-corrected chi connectivity index (χ2v) is 5.74. The fourth-order valence-electron chi connectivity index (χ4n) is 1.92. The Morgan fingerprint density at radius 1 is 1.45 bits per heavy atom. The highest BCUT2D eigenvalue weighted by molar-refractivity contribution is 9.10. The molecule has 0 aliphatic heterocycles. The topological polar surface area (TPSA) is 58.6 Å². The van der Waals surface area contributed by atoms with Crippen LogP contribution in [-0.4, -0.2) is 29.8 Å². The van der Waals surface area contributed by atoms with Crippen LogP contribution in [-0.2, 0) is 4.79 Å². The van der Waals surface area contributed by atoms with Gasteiger partial charge < -0.3 is 9.84 Å². The molecule has 112 valence electrons. The minimum Gasteiger partial charge on any atom is -0.491 e. The van der Waals surface area contributed by atoms with Crippen molar-refractivity contribution in [3.63, 3.8) is 0 Å². The predicted octanol–water partition coefficient (Wildman–Crippen LogP) is 3.71. The van der Waals surface area contributed by atoms with Crippen LogP contribution < -0.4 is 10.1 Å². The average Bonchev–Trinajstić information content (AvgIpc) is 2.41. The Hall–Kier alpha value is -0.780. The van der Waals surface area contributed by atoms with E-state index in [1.807, 2.05) is 13.8 Å². The lowest BCUT2D eigenvalue weighted by atomic mass is 9.93. The molecule has 0 bridgehead atoms. The molecule has 0 radical (unpaired) electrons. The Morgan fingerprint density at radius 3 is 2.60 bits per heavy atom. The number of halogens is 2. The maximum Gasteiger partial charge on any atom is 0.323 e. The Labute approximate surface area is 132 Å². The number of carboxylic acids is 1. The van der Waals surface area contributed by atoms with Crippen LogP contribution in [0.5, 0.6) is 5.75 Å². The fraction of sp³-hybridized carbons (Fsp3) is 0.500. The zero-order chi connectivity index (χ0) is 15.2. The number of hydrogen-bond acceptors (Lipinski definition) is 3. The van der Waals surface area contributed by atoms with Gasteiger partial charge in [0.05, 0.1) is 4.47 Å². The molecule has 0 amide bonds. The van der Waals surface area contributed by atoms with Gasteiger partial charge in [-0.15, -0.1) is 0 Å². The zero-order valence-corrected chi connectivity index (χ0v) is 13.9. The molecule has 20 heavy (non-hydrogen) atoms. The Balaban J connectivity index is 2.50. The number of carbonyl (C=O) groups is 1. The molecule has 0 saturated carbocycles. The van der Waals surface area contributed by atoms with E-state index >= 15 is 0 Å². The molecule has 0 fully saturated rings. The van der Waals surface area contributed by atoms with E-state index in [-0.39, 0.29) is 0 Å². The van der Waals surface area contributed by atoms with Crippen LogP contribution in [0.3, 0.4) is 0 Å². The smallest absolute Gasteiger partial charge is 0.323 e. The summed E-state index contributed by atoms with van der Waals surface area (Å²) in [5.74, 6) is -0.139. The van der Waals surface area contributed by atoms with Gasteiger partial charge in [-0.1, -0.05) is 25.4 Å². The third-order valence-corrected chi connectivity index (χ3v) is 4.19. The second kappa shape index (κ2) is 7.86. The minimum atomic E-state index is -0.874. The molecule has 0 saturated heterocycles. The van der Waals surface area contributed by atoms with Gasteiger partial charge in [-0.3, -0.25) is 10.1 Å². The van der Waals surface area contributed by atoms with E-state index in [9.17, 15) is 9.90 Å². The Kier molecular flexibility index (Phi) is 6.79. The van der Waals surface area contributed by atoms with Crippen LogP contribution in [0.2, 0.25) is 5.02 Å². The van der Waals surface area contributed by atoms with Gasteiger partial charge >= 0.3 is 5.97 Å². The summed E-state index contributed by atoms with van der Waals surface area (Å²) in [6.07, 6.45) is 1.06. The maximum absolute atomic E-state index is 11.3. The first-order chi connectivity index (χ1) is 9.45. The van der Waals surface area contributed by atoms with Crippen LogP contribution in [0.15, 0.2) is 22.7 Å². The first kappa shape index (κ1) is 17.3. The molecule has 0 atom stereocenters. The number of ether oxygens (including phenoxy) is 1. The summed E-state index contributed by atoms with van der Waals surface area (Å²) in [4.78, 5) is 11.3. The van der Waals surface area contributed by atoms with Crippen LogP contribution >= 0.6 is 27.5 Å². The highest BCUT2D eigenvalue weighted by atomic mass is 79.9. The lowest BCUT2D eigenvalue weighted by Crippen LogP contribution is -2.52. The normalized spacial score (nSPS) is 11.4. The molecule has 0 aliphatic carbocycles. The summed E-state index contributed by atoms with van der Waals surface area (Å²) < 4.78 is 6.37. The summed E-state index contributed by atoms with van der Waals surface area (Å²) in [5.41, 5.74) is -0.874. The number of benzene rings is 1. The monoisotopic (exact) mass is 363 g/mol. The van der Waals surface area contributed by atoms with E-state index in [4.69, 9.17) is 16.3 Å². The summed E-state index contributed by atoms with van der Waals surface area (Å²) in [6, 6.07) is 5.27. The molecule has 1 aromatic rings. The molecule has 2 N–H and O–H groups in total. The minimum absolute atomic E-state index is 0.384. The van der Waals surface area contributed by atoms with Gasteiger partial charge in [-0.2, -0.15) is 0 Å². The largest absolute Gasteiger partial charge is 0.491 e. The molecule has 4 nitrogen and oxygen atoms in total. The first-order valence-electron chi connectivity index (χ1n) is 6.51. The third-order valence-electron chi connectivity index (χ3n) is 3.33. The van der Waals surface area contributed by atoms with Gasteiger partial charge in [0.1, 0.15) is 17.9 Å². The fourth-order valence-corrected chi connectivity index (χ4v) is 2.72. The molecule has 0 aromatic heterocycles. The molecule has 0 aliphatic rings. The van der Waals surface area contributed by atoms with Crippen LogP contribution in [0.4, 0.5) is 0 Å². The van der Waals surface area contributed by atoms with Crippen molar-refractivity contribution in [2.75, 3.05) is 13.2 Å². The zero-order valence-electron chi connectivity index (χ0n) is 11.6. The SMILES string of the molecule is CCC(CC)(NCCOc1ccc(Cl)cc1Br)C(=O)O. The standard InChI is InChI=1S/C14H19BrClNO3/c1-3-14(4-2,13(18)19)17-7-8-20-12-6-5-10(16)9-11(12)15/h5-6,9,17H,3-4,7-8H2,1-2H3,(H,18,19). The maximum atomic E-state index is 11.3. The van der Waals surface area contributed by atoms with E-state index in [1.165, 1.54) is 0 Å². The third kappa shape index (κ3) is 4.36.